The molecular formula is C19H24BrN3O3S. The monoisotopic (exact) mass is 453 g/mol. The van der Waals surface area contributed by atoms with Crippen molar-refractivity contribution in [2.75, 3.05) is 18.5 Å². The van der Waals surface area contributed by atoms with Crippen molar-refractivity contribution in [3.63, 3.8) is 0 Å². The van der Waals surface area contributed by atoms with E-state index in [0.29, 0.717) is 30.5 Å². The summed E-state index contributed by atoms with van der Waals surface area (Å²) in [5, 5.41) is 12.3. The minimum Gasteiger partial charge on any atom is -0.492 e. The maximum Gasteiger partial charge on any atom is 0.226 e. The number of carbonyl (C=O) groups excluding carboxylic acids is 1. The molecule has 0 bridgehead atoms. The van der Waals surface area contributed by atoms with Crippen LogP contribution in [0.5, 0.6) is 5.75 Å². The first-order valence-corrected chi connectivity index (χ1v) is 10.8. The molecule has 2 aromatic rings. The first kappa shape index (κ1) is 20.2. The van der Waals surface area contributed by atoms with Crippen molar-refractivity contribution in [3.05, 3.63) is 33.2 Å². The minimum absolute atomic E-state index is 0.0297. The Morgan fingerprint density at radius 3 is 3.00 bits per heavy atom. The lowest BCUT2D eigenvalue weighted by Crippen LogP contribution is -2.12. The molecule has 1 aromatic heterocycles. The second kappa shape index (κ2) is 9.61. The summed E-state index contributed by atoms with van der Waals surface area (Å²) in [6, 6.07) is 6.11. The summed E-state index contributed by atoms with van der Waals surface area (Å²) in [5.41, 5.74) is 1.26. The first-order valence-electron chi connectivity index (χ1n) is 9.20. The fraction of sp³-hybridized carbons (Fsp3) is 0.526. The summed E-state index contributed by atoms with van der Waals surface area (Å²) in [6.45, 7) is 5.55. The highest BCUT2D eigenvalue weighted by Gasteiger charge is 2.22. The van der Waals surface area contributed by atoms with Gasteiger partial charge in [0, 0.05) is 13.0 Å². The van der Waals surface area contributed by atoms with Gasteiger partial charge in [0.2, 0.25) is 11.0 Å². The first-order chi connectivity index (χ1) is 13.0. The maximum atomic E-state index is 12.1. The van der Waals surface area contributed by atoms with Gasteiger partial charge in [0.25, 0.3) is 0 Å². The van der Waals surface area contributed by atoms with Gasteiger partial charge in [-0.1, -0.05) is 31.3 Å². The van der Waals surface area contributed by atoms with E-state index < -0.39 is 0 Å². The van der Waals surface area contributed by atoms with Gasteiger partial charge < -0.3 is 14.8 Å². The molecule has 1 atom stereocenters. The van der Waals surface area contributed by atoms with Crippen LogP contribution in [0.2, 0.25) is 0 Å². The number of halogens is 1. The van der Waals surface area contributed by atoms with Gasteiger partial charge in [-0.05, 0) is 58.8 Å². The standard InChI is InChI=1S/C19H24BrN3O3S/c1-12(2)13-7-8-15(14(20)11-13)25-10-4-6-17(24)21-19-23-22-18(27-19)16-5-3-9-26-16/h7-8,11-12,16H,3-6,9-10H2,1-2H3,(H,21,23,24). The van der Waals surface area contributed by atoms with E-state index >= 15 is 0 Å². The zero-order valence-electron chi connectivity index (χ0n) is 15.5. The van der Waals surface area contributed by atoms with Gasteiger partial charge in [-0.15, -0.1) is 10.2 Å². The summed E-state index contributed by atoms with van der Waals surface area (Å²) >= 11 is 4.93. The van der Waals surface area contributed by atoms with Crippen LogP contribution in [-0.2, 0) is 9.53 Å². The Kier molecular flexibility index (Phi) is 7.20. The highest BCUT2D eigenvalue weighted by Crippen LogP contribution is 2.32. The van der Waals surface area contributed by atoms with E-state index in [1.165, 1.54) is 16.9 Å². The molecule has 1 unspecified atom stereocenters. The number of anilines is 1. The van der Waals surface area contributed by atoms with Gasteiger partial charge in [-0.3, -0.25) is 4.79 Å². The van der Waals surface area contributed by atoms with E-state index in [-0.39, 0.29) is 12.0 Å². The molecule has 0 saturated carbocycles. The third kappa shape index (κ3) is 5.73. The van der Waals surface area contributed by atoms with E-state index in [9.17, 15) is 4.79 Å². The Morgan fingerprint density at radius 2 is 2.30 bits per heavy atom. The third-order valence-electron chi connectivity index (χ3n) is 4.32. The van der Waals surface area contributed by atoms with Crippen LogP contribution in [0, 0.1) is 0 Å². The van der Waals surface area contributed by atoms with Crippen LogP contribution >= 0.6 is 27.3 Å². The predicted molar refractivity (Wildman–Crippen MR) is 109 cm³/mol. The summed E-state index contributed by atoms with van der Waals surface area (Å²) in [6.07, 6.45) is 3.04. The fourth-order valence-electron chi connectivity index (χ4n) is 2.78. The molecule has 1 saturated heterocycles. The van der Waals surface area contributed by atoms with Crippen molar-refractivity contribution in [2.24, 2.45) is 0 Å². The van der Waals surface area contributed by atoms with Crippen molar-refractivity contribution in [1.82, 2.24) is 10.2 Å². The van der Waals surface area contributed by atoms with E-state index in [1.807, 2.05) is 6.07 Å². The van der Waals surface area contributed by atoms with Gasteiger partial charge in [0.05, 0.1) is 11.1 Å². The Morgan fingerprint density at radius 1 is 1.44 bits per heavy atom. The number of hydrogen-bond donors (Lipinski definition) is 1. The second-order valence-electron chi connectivity index (χ2n) is 6.79. The zero-order valence-corrected chi connectivity index (χ0v) is 17.9. The molecule has 0 radical (unpaired) electrons. The molecule has 1 aliphatic heterocycles. The van der Waals surface area contributed by atoms with Crippen LogP contribution in [0.15, 0.2) is 22.7 Å². The molecule has 1 fully saturated rings. The van der Waals surface area contributed by atoms with Gasteiger partial charge in [0.1, 0.15) is 16.9 Å². The van der Waals surface area contributed by atoms with E-state index in [0.717, 1.165) is 34.7 Å². The number of hydrogen-bond acceptors (Lipinski definition) is 6. The van der Waals surface area contributed by atoms with Crippen LogP contribution in [0.3, 0.4) is 0 Å². The van der Waals surface area contributed by atoms with Gasteiger partial charge in [-0.2, -0.15) is 0 Å². The second-order valence-corrected chi connectivity index (χ2v) is 8.66. The highest BCUT2D eigenvalue weighted by atomic mass is 79.9. The number of aromatic nitrogens is 2. The minimum atomic E-state index is -0.0807. The van der Waals surface area contributed by atoms with E-state index in [4.69, 9.17) is 9.47 Å². The third-order valence-corrected chi connectivity index (χ3v) is 5.87. The number of nitrogens with one attached hydrogen (secondary N) is 1. The lowest BCUT2D eigenvalue weighted by atomic mass is 10.0. The molecule has 0 aliphatic carbocycles. The highest BCUT2D eigenvalue weighted by molar-refractivity contribution is 9.10. The summed E-state index contributed by atoms with van der Waals surface area (Å²) in [4.78, 5) is 12.1. The molecule has 8 heteroatoms. The number of carbonyl (C=O) groups is 1. The Labute approximate surface area is 171 Å². The average molecular weight is 454 g/mol. The Balaban J connectivity index is 1.39. The lowest BCUT2D eigenvalue weighted by molar-refractivity contribution is -0.116. The lowest BCUT2D eigenvalue weighted by Gasteiger charge is -2.11. The largest absolute Gasteiger partial charge is 0.492 e. The normalized spacial score (nSPS) is 16.7. The molecule has 2 heterocycles. The van der Waals surface area contributed by atoms with Crippen molar-refractivity contribution in [3.8, 4) is 5.75 Å². The Hall–Kier alpha value is -1.51. The molecule has 146 valence electrons. The van der Waals surface area contributed by atoms with Crippen molar-refractivity contribution >= 4 is 38.3 Å². The SMILES string of the molecule is CC(C)c1ccc(OCCCC(=O)Nc2nnc(C3CCCO3)s2)c(Br)c1. The summed E-state index contributed by atoms with van der Waals surface area (Å²) < 4.78 is 12.3. The zero-order chi connectivity index (χ0) is 19.2. The fourth-order valence-corrected chi connectivity index (χ4v) is 4.13. The smallest absolute Gasteiger partial charge is 0.226 e. The quantitative estimate of drug-likeness (QED) is 0.564. The molecule has 0 spiro atoms. The average Bonchev–Trinajstić information content (AvgIpc) is 3.31. The molecule has 1 amide bonds. The van der Waals surface area contributed by atoms with Crippen molar-refractivity contribution < 1.29 is 14.3 Å². The summed E-state index contributed by atoms with van der Waals surface area (Å²) in [5.74, 6) is 1.19. The van der Waals surface area contributed by atoms with E-state index in [2.05, 4.69) is 57.4 Å². The maximum absolute atomic E-state index is 12.1. The van der Waals surface area contributed by atoms with Gasteiger partial charge in [-0.25, -0.2) is 0 Å². The predicted octanol–water partition coefficient (Wildman–Crippen LogP) is 5.07. The topological polar surface area (TPSA) is 73.3 Å². The van der Waals surface area contributed by atoms with Gasteiger partial charge >= 0.3 is 0 Å². The molecule has 6 nitrogen and oxygen atoms in total. The number of rotatable bonds is 8. The molecule has 1 aromatic carbocycles. The van der Waals surface area contributed by atoms with E-state index in [1.54, 1.807) is 0 Å². The summed E-state index contributed by atoms with van der Waals surface area (Å²) in [7, 11) is 0. The van der Waals surface area contributed by atoms with Crippen LogP contribution in [0.4, 0.5) is 5.13 Å². The molecule has 1 aliphatic rings. The molecule has 27 heavy (non-hydrogen) atoms. The van der Waals surface area contributed by atoms with Gasteiger partial charge in [0.15, 0.2) is 0 Å². The number of ether oxygens (including phenoxy) is 2. The van der Waals surface area contributed by atoms with Crippen molar-refractivity contribution in [1.29, 1.82) is 0 Å². The van der Waals surface area contributed by atoms with Crippen LogP contribution in [0.25, 0.3) is 0 Å². The molecule has 3 rings (SSSR count). The Bertz CT molecular complexity index is 775. The molecule has 1 N–H and O–H groups in total. The molecular weight excluding hydrogens is 430 g/mol. The number of nitrogens with zero attached hydrogens (tertiary/aromatic N) is 2. The number of amides is 1. The number of benzene rings is 1. The van der Waals surface area contributed by atoms with Crippen LogP contribution in [-0.4, -0.2) is 29.3 Å². The van der Waals surface area contributed by atoms with Crippen molar-refractivity contribution in [2.45, 2.75) is 51.6 Å². The van der Waals surface area contributed by atoms with Crippen LogP contribution < -0.4 is 10.1 Å². The van der Waals surface area contributed by atoms with Crippen LogP contribution in [0.1, 0.15) is 62.1 Å².